The Hall–Kier alpha value is -4.49. The van der Waals surface area contributed by atoms with Gasteiger partial charge in [0.25, 0.3) is 0 Å². The second-order valence-corrected chi connectivity index (χ2v) is 8.05. The number of hydrogen-bond donors (Lipinski definition) is 2. The molecule has 2 N–H and O–H groups in total. The highest BCUT2D eigenvalue weighted by molar-refractivity contribution is 6.39. The van der Waals surface area contributed by atoms with E-state index < -0.39 is 17.8 Å². The number of aryl methyl sites for hydroxylation is 1. The summed E-state index contributed by atoms with van der Waals surface area (Å²) in [7, 11) is 0. The van der Waals surface area contributed by atoms with Gasteiger partial charge >= 0.3 is 17.8 Å². The lowest BCUT2D eigenvalue weighted by atomic mass is 10.0. The Kier molecular flexibility index (Phi) is 7.18. The van der Waals surface area contributed by atoms with Crippen molar-refractivity contribution in [3.05, 3.63) is 107 Å². The molecule has 0 aliphatic carbocycles. The van der Waals surface area contributed by atoms with Gasteiger partial charge in [-0.1, -0.05) is 59.6 Å². The number of nitrogens with one attached hydrogen (secondary N) is 2. The number of amides is 2. The van der Waals surface area contributed by atoms with Crippen molar-refractivity contribution < 1.29 is 19.1 Å². The number of fused-ring (bicyclic) bond motifs is 1. The number of nitrogens with zero attached hydrogens (tertiary/aromatic N) is 1. The van der Waals surface area contributed by atoms with Gasteiger partial charge in [-0.05, 0) is 60.2 Å². The molecule has 0 heterocycles. The standard InChI is InChI=1S/C27H20ClN3O4/c1-17-6-13-21(14-7-17)30-25(32)26(33)31-29-16-23-22-5-3-2-4-18(22)10-15-24(23)35-27(34)19-8-11-20(28)12-9-19/h2-16H,1H3,(H,30,32)(H,31,33)/b29-16+. The minimum atomic E-state index is -0.943. The second kappa shape index (κ2) is 10.6. The fraction of sp³-hybridized carbons (Fsp3) is 0.0370. The molecule has 0 atom stereocenters. The van der Waals surface area contributed by atoms with Crippen molar-refractivity contribution in [1.82, 2.24) is 5.43 Å². The highest BCUT2D eigenvalue weighted by Gasteiger charge is 2.15. The molecule has 0 aliphatic rings. The molecule has 0 saturated heterocycles. The summed E-state index contributed by atoms with van der Waals surface area (Å²) in [4.78, 5) is 37.0. The number of esters is 1. The van der Waals surface area contributed by atoms with E-state index in [1.54, 1.807) is 42.5 Å². The number of carbonyl (C=O) groups excluding carboxylic acids is 3. The molecule has 0 radical (unpaired) electrons. The van der Waals surface area contributed by atoms with Crippen molar-refractivity contribution in [3.63, 3.8) is 0 Å². The van der Waals surface area contributed by atoms with Crippen LogP contribution < -0.4 is 15.5 Å². The van der Waals surface area contributed by atoms with E-state index in [0.717, 1.165) is 16.3 Å². The summed E-state index contributed by atoms with van der Waals surface area (Å²) in [5, 5.41) is 8.56. The SMILES string of the molecule is Cc1ccc(NC(=O)C(=O)N/N=C/c2c(OC(=O)c3ccc(Cl)cc3)ccc3ccccc23)cc1. The highest BCUT2D eigenvalue weighted by Crippen LogP contribution is 2.27. The minimum Gasteiger partial charge on any atom is -0.422 e. The molecule has 0 bridgehead atoms. The van der Waals surface area contributed by atoms with Crippen molar-refractivity contribution in [1.29, 1.82) is 0 Å². The maximum atomic E-state index is 12.6. The van der Waals surface area contributed by atoms with Crippen LogP contribution >= 0.6 is 11.6 Å². The Morgan fingerprint density at radius 3 is 2.31 bits per heavy atom. The lowest BCUT2D eigenvalue weighted by molar-refractivity contribution is -0.136. The average Bonchev–Trinajstić information content (AvgIpc) is 2.86. The van der Waals surface area contributed by atoms with Crippen molar-refractivity contribution in [2.24, 2.45) is 5.10 Å². The Bertz CT molecular complexity index is 1430. The summed E-state index contributed by atoms with van der Waals surface area (Å²) < 4.78 is 5.61. The quantitative estimate of drug-likeness (QED) is 0.135. The van der Waals surface area contributed by atoms with Crippen LogP contribution in [0, 0.1) is 6.92 Å². The second-order valence-electron chi connectivity index (χ2n) is 7.61. The van der Waals surface area contributed by atoms with Crippen molar-refractivity contribution in [2.75, 3.05) is 5.32 Å². The molecule has 4 rings (SSSR count). The molecule has 0 saturated carbocycles. The molecule has 0 aliphatic heterocycles. The molecule has 174 valence electrons. The zero-order valence-electron chi connectivity index (χ0n) is 18.6. The molecule has 4 aromatic rings. The van der Waals surface area contributed by atoms with Gasteiger partial charge in [0.15, 0.2) is 0 Å². The van der Waals surface area contributed by atoms with Gasteiger partial charge in [-0.3, -0.25) is 9.59 Å². The Morgan fingerprint density at radius 1 is 0.857 bits per heavy atom. The Morgan fingerprint density at radius 2 is 1.57 bits per heavy atom. The third-order valence-corrected chi connectivity index (χ3v) is 5.34. The van der Waals surface area contributed by atoms with E-state index in [4.69, 9.17) is 16.3 Å². The smallest absolute Gasteiger partial charge is 0.343 e. The number of ether oxygens (including phenoxy) is 1. The summed E-state index contributed by atoms with van der Waals surface area (Å²) >= 11 is 5.89. The van der Waals surface area contributed by atoms with Gasteiger partial charge in [0.2, 0.25) is 0 Å². The van der Waals surface area contributed by atoms with E-state index in [1.165, 1.54) is 6.21 Å². The van der Waals surface area contributed by atoms with Crippen LogP contribution in [0.3, 0.4) is 0 Å². The lowest BCUT2D eigenvalue weighted by Crippen LogP contribution is -2.32. The molecule has 7 nitrogen and oxygen atoms in total. The van der Waals surface area contributed by atoms with Gasteiger partial charge in [-0.15, -0.1) is 0 Å². The number of hydrogen-bond acceptors (Lipinski definition) is 5. The van der Waals surface area contributed by atoms with Crippen LogP contribution in [0.25, 0.3) is 10.8 Å². The van der Waals surface area contributed by atoms with Crippen LogP contribution in [-0.2, 0) is 9.59 Å². The van der Waals surface area contributed by atoms with Crippen molar-refractivity contribution in [2.45, 2.75) is 6.92 Å². The number of halogens is 1. The number of anilines is 1. The molecule has 35 heavy (non-hydrogen) atoms. The number of carbonyl (C=O) groups is 3. The molecule has 0 fully saturated rings. The summed E-state index contributed by atoms with van der Waals surface area (Å²) in [6.07, 6.45) is 1.34. The molecule has 0 spiro atoms. The average molecular weight is 486 g/mol. The van der Waals surface area contributed by atoms with Crippen molar-refractivity contribution >= 4 is 52.1 Å². The van der Waals surface area contributed by atoms with E-state index in [-0.39, 0.29) is 5.75 Å². The highest BCUT2D eigenvalue weighted by atomic mass is 35.5. The van der Waals surface area contributed by atoms with Crippen LogP contribution in [0.2, 0.25) is 5.02 Å². The fourth-order valence-corrected chi connectivity index (χ4v) is 3.40. The normalized spacial score (nSPS) is 10.8. The topological polar surface area (TPSA) is 96.9 Å². The number of rotatable bonds is 5. The lowest BCUT2D eigenvalue weighted by Gasteiger charge is -2.10. The van der Waals surface area contributed by atoms with Crippen LogP contribution in [0.5, 0.6) is 5.75 Å². The predicted molar refractivity (Wildman–Crippen MR) is 136 cm³/mol. The molecule has 0 unspecified atom stereocenters. The largest absolute Gasteiger partial charge is 0.422 e. The van der Waals surface area contributed by atoms with E-state index in [2.05, 4.69) is 15.8 Å². The van der Waals surface area contributed by atoms with E-state index >= 15 is 0 Å². The maximum Gasteiger partial charge on any atom is 0.343 e. The van der Waals surface area contributed by atoms with Gasteiger partial charge < -0.3 is 10.1 Å². The minimum absolute atomic E-state index is 0.241. The monoisotopic (exact) mass is 485 g/mol. The zero-order valence-corrected chi connectivity index (χ0v) is 19.4. The molecular weight excluding hydrogens is 466 g/mol. The molecule has 8 heteroatoms. The van der Waals surface area contributed by atoms with Gasteiger partial charge in [-0.2, -0.15) is 5.10 Å². The summed E-state index contributed by atoms with van der Waals surface area (Å²) in [6, 6.07) is 24.2. The summed E-state index contributed by atoms with van der Waals surface area (Å²) in [5.41, 5.74) is 4.52. The first kappa shape index (κ1) is 23.7. The first-order chi connectivity index (χ1) is 16.9. The first-order valence-electron chi connectivity index (χ1n) is 10.6. The van der Waals surface area contributed by atoms with Gasteiger partial charge in [0.05, 0.1) is 11.8 Å². The summed E-state index contributed by atoms with van der Waals surface area (Å²) in [6.45, 7) is 1.92. The van der Waals surface area contributed by atoms with Crippen LogP contribution in [-0.4, -0.2) is 24.0 Å². The molecule has 4 aromatic carbocycles. The number of benzene rings is 4. The van der Waals surface area contributed by atoms with Gasteiger partial charge in [0.1, 0.15) is 5.75 Å². The van der Waals surface area contributed by atoms with Crippen LogP contribution in [0.4, 0.5) is 5.69 Å². The van der Waals surface area contributed by atoms with Crippen LogP contribution in [0.1, 0.15) is 21.5 Å². The predicted octanol–water partition coefficient (Wildman–Crippen LogP) is 5.11. The Labute approximate surface area is 206 Å². The Balaban J connectivity index is 1.53. The molecule has 2 amide bonds. The fourth-order valence-electron chi connectivity index (χ4n) is 3.27. The van der Waals surface area contributed by atoms with Gasteiger partial charge in [-0.25, -0.2) is 10.2 Å². The summed E-state index contributed by atoms with van der Waals surface area (Å²) in [5.74, 6) is -2.14. The van der Waals surface area contributed by atoms with E-state index in [9.17, 15) is 14.4 Å². The number of hydrazone groups is 1. The van der Waals surface area contributed by atoms with Crippen molar-refractivity contribution in [3.8, 4) is 5.75 Å². The third-order valence-electron chi connectivity index (χ3n) is 5.09. The molecule has 0 aromatic heterocycles. The first-order valence-corrected chi connectivity index (χ1v) is 11.0. The van der Waals surface area contributed by atoms with E-state index in [1.807, 2.05) is 49.4 Å². The molecular formula is C27H20ClN3O4. The van der Waals surface area contributed by atoms with Gasteiger partial charge in [0, 0.05) is 16.3 Å². The van der Waals surface area contributed by atoms with Crippen LogP contribution in [0.15, 0.2) is 90.0 Å². The third kappa shape index (κ3) is 5.90. The maximum absolute atomic E-state index is 12.6. The van der Waals surface area contributed by atoms with E-state index in [0.29, 0.717) is 21.8 Å². The zero-order chi connectivity index (χ0) is 24.8.